The van der Waals surface area contributed by atoms with Crippen LogP contribution in [0.3, 0.4) is 0 Å². The Hall–Kier alpha value is -1.12. The van der Waals surface area contributed by atoms with Crippen molar-refractivity contribution in [3.05, 3.63) is 12.3 Å². The molecular weight excluding hydrogens is 154 g/mol. The maximum atomic E-state index is 11.2. The van der Waals surface area contributed by atoms with Gasteiger partial charge in [-0.3, -0.25) is 9.59 Å². The molecule has 1 heterocycles. The van der Waals surface area contributed by atoms with Gasteiger partial charge in [0.15, 0.2) is 5.78 Å². The predicted octanol–water partition coefficient (Wildman–Crippen LogP) is 1.10. The van der Waals surface area contributed by atoms with E-state index in [1.807, 2.05) is 0 Å². The van der Waals surface area contributed by atoms with E-state index in [1.54, 1.807) is 6.92 Å². The highest BCUT2D eigenvalue weighted by Gasteiger charge is 2.24. The highest BCUT2D eigenvalue weighted by atomic mass is 16.2. The Kier molecular flexibility index (Phi) is 2.63. The first kappa shape index (κ1) is 8.97. The van der Waals surface area contributed by atoms with E-state index in [0.717, 1.165) is 6.42 Å². The second-order valence-electron chi connectivity index (χ2n) is 2.87. The Morgan fingerprint density at radius 3 is 2.75 bits per heavy atom. The summed E-state index contributed by atoms with van der Waals surface area (Å²) in [5.41, 5.74) is 0.361. The number of nitrogens with zero attached hydrogens (tertiary/aromatic N) is 1. The van der Waals surface area contributed by atoms with Crippen molar-refractivity contribution in [1.82, 2.24) is 4.90 Å². The molecule has 1 aliphatic heterocycles. The van der Waals surface area contributed by atoms with Gasteiger partial charge in [-0.15, -0.1) is 0 Å². The Morgan fingerprint density at radius 1 is 1.67 bits per heavy atom. The number of likely N-dealkylation sites (tertiary alicyclic amines) is 1. The SMILES string of the molecule is C=C(C(=O)CC)N1CCCC1=O. The standard InChI is InChI=1S/C9H13NO2/c1-3-8(11)7(2)10-6-4-5-9(10)12/h2-6H2,1H3. The number of hydrogen-bond donors (Lipinski definition) is 0. The lowest BCUT2D eigenvalue weighted by Gasteiger charge is -2.16. The van der Waals surface area contributed by atoms with Gasteiger partial charge in [-0.25, -0.2) is 0 Å². The predicted molar refractivity (Wildman–Crippen MR) is 45.4 cm³/mol. The number of allylic oxidation sites excluding steroid dienone is 1. The van der Waals surface area contributed by atoms with E-state index in [2.05, 4.69) is 6.58 Å². The van der Waals surface area contributed by atoms with Crippen LogP contribution in [0.4, 0.5) is 0 Å². The average Bonchev–Trinajstić information content (AvgIpc) is 2.48. The highest BCUT2D eigenvalue weighted by molar-refractivity contribution is 5.98. The topological polar surface area (TPSA) is 37.4 Å². The molecule has 1 saturated heterocycles. The quantitative estimate of drug-likeness (QED) is 0.590. The molecule has 0 unspecified atom stereocenters. The smallest absolute Gasteiger partial charge is 0.227 e. The van der Waals surface area contributed by atoms with Gasteiger partial charge in [-0.1, -0.05) is 13.5 Å². The van der Waals surface area contributed by atoms with Crippen LogP contribution < -0.4 is 0 Å². The molecule has 1 rings (SSSR count). The molecule has 12 heavy (non-hydrogen) atoms. The summed E-state index contributed by atoms with van der Waals surface area (Å²) in [6.45, 7) is 6.04. The summed E-state index contributed by atoms with van der Waals surface area (Å²) < 4.78 is 0. The van der Waals surface area contributed by atoms with Crippen LogP contribution in [0.5, 0.6) is 0 Å². The van der Waals surface area contributed by atoms with E-state index in [1.165, 1.54) is 4.90 Å². The molecular formula is C9H13NO2. The fraction of sp³-hybridized carbons (Fsp3) is 0.556. The summed E-state index contributed by atoms with van der Waals surface area (Å²) in [6.07, 6.45) is 1.81. The number of carbonyl (C=O) groups is 2. The summed E-state index contributed by atoms with van der Waals surface area (Å²) in [7, 11) is 0. The number of ketones is 1. The molecule has 0 atom stereocenters. The van der Waals surface area contributed by atoms with E-state index in [4.69, 9.17) is 0 Å². The van der Waals surface area contributed by atoms with Gasteiger partial charge in [0, 0.05) is 19.4 Å². The van der Waals surface area contributed by atoms with Gasteiger partial charge in [0.05, 0.1) is 5.70 Å². The van der Waals surface area contributed by atoms with Crippen LogP contribution in [0.2, 0.25) is 0 Å². The Labute approximate surface area is 72.0 Å². The van der Waals surface area contributed by atoms with Crippen LogP contribution in [0.15, 0.2) is 12.3 Å². The molecule has 0 aromatic heterocycles. The molecule has 1 aliphatic rings. The molecule has 3 nitrogen and oxygen atoms in total. The minimum absolute atomic E-state index is 0.0294. The highest BCUT2D eigenvalue weighted by Crippen LogP contribution is 2.16. The monoisotopic (exact) mass is 167 g/mol. The molecule has 66 valence electrons. The van der Waals surface area contributed by atoms with Crippen molar-refractivity contribution in [3.63, 3.8) is 0 Å². The lowest BCUT2D eigenvalue weighted by Crippen LogP contribution is -2.27. The maximum absolute atomic E-state index is 11.2. The first-order chi connectivity index (χ1) is 5.66. The lowest BCUT2D eigenvalue weighted by molar-refractivity contribution is -0.129. The number of hydrogen-bond acceptors (Lipinski definition) is 2. The largest absolute Gasteiger partial charge is 0.310 e. The number of amides is 1. The van der Waals surface area contributed by atoms with Gasteiger partial charge in [-0.2, -0.15) is 0 Å². The van der Waals surface area contributed by atoms with Gasteiger partial charge in [0.2, 0.25) is 5.91 Å². The minimum atomic E-state index is -0.0368. The number of carbonyl (C=O) groups excluding carboxylic acids is 2. The third-order valence-electron chi connectivity index (χ3n) is 2.04. The third kappa shape index (κ3) is 1.55. The zero-order valence-corrected chi connectivity index (χ0v) is 7.30. The van der Waals surface area contributed by atoms with Crippen molar-refractivity contribution >= 4 is 11.7 Å². The Morgan fingerprint density at radius 2 is 2.33 bits per heavy atom. The molecule has 0 aromatic rings. The van der Waals surface area contributed by atoms with Crippen LogP contribution >= 0.6 is 0 Å². The van der Waals surface area contributed by atoms with Gasteiger partial charge < -0.3 is 4.90 Å². The molecule has 3 heteroatoms. The Balaban J connectivity index is 2.63. The number of rotatable bonds is 3. The van der Waals surface area contributed by atoms with E-state index in [9.17, 15) is 9.59 Å². The molecule has 1 fully saturated rings. The van der Waals surface area contributed by atoms with Gasteiger partial charge in [-0.05, 0) is 6.42 Å². The van der Waals surface area contributed by atoms with Crippen molar-refractivity contribution in [1.29, 1.82) is 0 Å². The van der Waals surface area contributed by atoms with Crippen molar-refractivity contribution < 1.29 is 9.59 Å². The van der Waals surface area contributed by atoms with Crippen LogP contribution in [0.1, 0.15) is 26.2 Å². The van der Waals surface area contributed by atoms with E-state index < -0.39 is 0 Å². The molecule has 0 N–H and O–H groups in total. The van der Waals surface area contributed by atoms with E-state index in [-0.39, 0.29) is 11.7 Å². The molecule has 0 aliphatic carbocycles. The molecule has 0 spiro atoms. The molecule has 0 saturated carbocycles. The van der Waals surface area contributed by atoms with Crippen molar-refractivity contribution in [2.24, 2.45) is 0 Å². The minimum Gasteiger partial charge on any atom is -0.310 e. The first-order valence-electron chi connectivity index (χ1n) is 4.19. The van der Waals surface area contributed by atoms with Crippen molar-refractivity contribution in [2.75, 3.05) is 6.54 Å². The van der Waals surface area contributed by atoms with Gasteiger partial charge in [0.25, 0.3) is 0 Å². The van der Waals surface area contributed by atoms with Gasteiger partial charge >= 0.3 is 0 Å². The lowest BCUT2D eigenvalue weighted by atomic mass is 10.2. The molecule has 0 bridgehead atoms. The first-order valence-corrected chi connectivity index (χ1v) is 4.19. The zero-order valence-electron chi connectivity index (χ0n) is 7.30. The summed E-state index contributed by atoms with van der Waals surface area (Å²) in [6, 6.07) is 0. The second kappa shape index (κ2) is 3.52. The summed E-state index contributed by atoms with van der Waals surface area (Å²) in [5.74, 6) is -0.00736. The zero-order chi connectivity index (χ0) is 9.14. The normalized spacial score (nSPS) is 16.8. The molecule has 1 amide bonds. The van der Waals surface area contributed by atoms with Crippen LogP contribution in [0, 0.1) is 0 Å². The summed E-state index contributed by atoms with van der Waals surface area (Å²) in [5, 5.41) is 0. The van der Waals surface area contributed by atoms with Gasteiger partial charge in [0.1, 0.15) is 0 Å². The summed E-state index contributed by atoms with van der Waals surface area (Å²) in [4.78, 5) is 23.8. The van der Waals surface area contributed by atoms with E-state index in [0.29, 0.717) is 25.1 Å². The number of Topliss-reactive ketones (excluding diaryl/α,β-unsaturated/α-hetero) is 1. The molecule has 0 radical (unpaired) electrons. The summed E-state index contributed by atoms with van der Waals surface area (Å²) >= 11 is 0. The average molecular weight is 167 g/mol. The van der Waals surface area contributed by atoms with Crippen LogP contribution in [0.25, 0.3) is 0 Å². The van der Waals surface area contributed by atoms with Crippen molar-refractivity contribution in [2.45, 2.75) is 26.2 Å². The maximum Gasteiger partial charge on any atom is 0.227 e. The van der Waals surface area contributed by atoms with Crippen LogP contribution in [-0.4, -0.2) is 23.1 Å². The Bertz CT molecular complexity index is 233. The second-order valence-corrected chi connectivity index (χ2v) is 2.87. The third-order valence-corrected chi connectivity index (χ3v) is 2.04. The fourth-order valence-electron chi connectivity index (χ4n) is 1.29. The van der Waals surface area contributed by atoms with Crippen LogP contribution in [-0.2, 0) is 9.59 Å². The van der Waals surface area contributed by atoms with E-state index >= 15 is 0 Å². The van der Waals surface area contributed by atoms with Crippen molar-refractivity contribution in [3.8, 4) is 0 Å². The molecule has 0 aromatic carbocycles. The fourth-order valence-corrected chi connectivity index (χ4v) is 1.29.